The molecule has 4 heteroatoms. The molecule has 2 atom stereocenters. The molecule has 0 bridgehead atoms. The summed E-state index contributed by atoms with van der Waals surface area (Å²) in [6.45, 7) is 9.23. The molecule has 4 nitrogen and oxygen atoms in total. The Balaban J connectivity index is 2.31. The fraction of sp³-hybridized carbons (Fsp3) is 1.00. The van der Waals surface area contributed by atoms with Gasteiger partial charge in [-0.2, -0.15) is 0 Å². The van der Waals surface area contributed by atoms with Gasteiger partial charge >= 0.3 is 0 Å². The van der Waals surface area contributed by atoms with Crippen molar-refractivity contribution in [1.29, 1.82) is 0 Å². The lowest BCUT2D eigenvalue weighted by Gasteiger charge is -2.35. The van der Waals surface area contributed by atoms with Crippen molar-refractivity contribution in [3.8, 4) is 0 Å². The van der Waals surface area contributed by atoms with Crippen molar-refractivity contribution in [3.63, 3.8) is 0 Å². The molecule has 0 aromatic heterocycles. The van der Waals surface area contributed by atoms with Crippen molar-refractivity contribution in [2.75, 3.05) is 47.1 Å². The van der Waals surface area contributed by atoms with E-state index in [9.17, 15) is 0 Å². The van der Waals surface area contributed by atoms with Gasteiger partial charge in [-0.15, -0.1) is 0 Å². The average molecular weight is 258 g/mol. The Morgan fingerprint density at radius 2 is 1.83 bits per heavy atom. The fourth-order valence-electron chi connectivity index (χ4n) is 2.47. The van der Waals surface area contributed by atoms with Crippen LogP contribution in [-0.2, 0) is 9.47 Å². The highest BCUT2D eigenvalue weighted by molar-refractivity contribution is 4.87. The van der Waals surface area contributed by atoms with Crippen molar-refractivity contribution >= 4 is 0 Å². The van der Waals surface area contributed by atoms with Crippen LogP contribution in [0, 0.1) is 5.92 Å². The molecule has 1 aliphatic carbocycles. The summed E-state index contributed by atoms with van der Waals surface area (Å²) in [7, 11) is 3.52. The second-order valence-corrected chi connectivity index (χ2v) is 5.35. The second kappa shape index (κ2) is 8.86. The summed E-state index contributed by atoms with van der Waals surface area (Å²) in [5.41, 5.74) is 0. The van der Waals surface area contributed by atoms with E-state index in [1.54, 1.807) is 14.2 Å². The minimum Gasteiger partial charge on any atom is -0.383 e. The first kappa shape index (κ1) is 15.9. The molecular weight excluding hydrogens is 228 g/mol. The van der Waals surface area contributed by atoms with Crippen LogP contribution >= 0.6 is 0 Å². The molecule has 0 radical (unpaired) electrons. The Labute approximate surface area is 112 Å². The zero-order valence-corrected chi connectivity index (χ0v) is 12.4. The molecule has 0 saturated heterocycles. The van der Waals surface area contributed by atoms with Crippen molar-refractivity contribution in [1.82, 2.24) is 10.2 Å². The molecule has 2 unspecified atom stereocenters. The quantitative estimate of drug-likeness (QED) is 0.567. The maximum atomic E-state index is 5.23. The van der Waals surface area contributed by atoms with Crippen molar-refractivity contribution in [2.45, 2.75) is 38.8 Å². The highest BCUT2D eigenvalue weighted by Gasteiger charge is 2.33. The monoisotopic (exact) mass is 258 g/mol. The summed E-state index contributed by atoms with van der Waals surface area (Å²) in [5.74, 6) is 0.906. The zero-order valence-electron chi connectivity index (χ0n) is 12.4. The number of methoxy groups -OCH3 is 2. The highest BCUT2D eigenvalue weighted by Crippen LogP contribution is 2.35. The van der Waals surface area contributed by atoms with Crippen molar-refractivity contribution in [2.24, 2.45) is 5.92 Å². The summed E-state index contributed by atoms with van der Waals surface area (Å²) in [6.07, 6.45) is 2.79. The van der Waals surface area contributed by atoms with E-state index in [1.165, 1.54) is 12.8 Å². The van der Waals surface area contributed by atoms with E-state index in [0.717, 1.165) is 38.8 Å². The van der Waals surface area contributed by atoms with Gasteiger partial charge < -0.3 is 14.8 Å². The predicted octanol–water partition coefficient (Wildman–Crippen LogP) is 1.36. The van der Waals surface area contributed by atoms with Gasteiger partial charge in [0.15, 0.2) is 0 Å². The lowest BCUT2D eigenvalue weighted by molar-refractivity contribution is 0.0859. The van der Waals surface area contributed by atoms with Crippen LogP contribution in [-0.4, -0.2) is 64.1 Å². The second-order valence-electron chi connectivity index (χ2n) is 5.35. The highest BCUT2D eigenvalue weighted by atomic mass is 16.5. The molecule has 0 amide bonds. The first-order valence-electron chi connectivity index (χ1n) is 7.15. The zero-order chi connectivity index (χ0) is 13.4. The number of hydrogen-bond acceptors (Lipinski definition) is 4. The fourth-order valence-corrected chi connectivity index (χ4v) is 2.47. The third-order valence-corrected chi connectivity index (χ3v) is 3.87. The molecule has 1 saturated carbocycles. The molecule has 1 fully saturated rings. The van der Waals surface area contributed by atoms with Crippen LogP contribution in [0.15, 0.2) is 0 Å². The molecule has 0 aromatic carbocycles. The minimum absolute atomic E-state index is 0.549. The van der Waals surface area contributed by atoms with Crippen LogP contribution in [0.1, 0.15) is 26.7 Å². The van der Waals surface area contributed by atoms with Crippen molar-refractivity contribution in [3.05, 3.63) is 0 Å². The molecule has 0 aromatic rings. The molecule has 0 spiro atoms. The van der Waals surface area contributed by atoms with Gasteiger partial charge in [-0.05, 0) is 32.6 Å². The summed E-state index contributed by atoms with van der Waals surface area (Å²) >= 11 is 0. The molecule has 1 aliphatic rings. The van der Waals surface area contributed by atoms with Gasteiger partial charge in [-0.3, -0.25) is 4.90 Å². The maximum Gasteiger partial charge on any atom is 0.0589 e. The van der Waals surface area contributed by atoms with Gasteiger partial charge in [0.2, 0.25) is 0 Å². The molecule has 1 N–H and O–H groups in total. The van der Waals surface area contributed by atoms with E-state index < -0.39 is 0 Å². The first-order valence-corrected chi connectivity index (χ1v) is 7.15. The Morgan fingerprint density at radius 1 is 1.17 bits per heavy atom. The van der Waals surface area contributed by atoms with Crippen LogP contribution in [0.5, 0.6) is 0 Å². The van der Waals surface area contributed by atoms with E-state index in [1.807, 2.05) is 0 Å². The minimum atomic E-state index is 0.549. The van der Waals surface area contributed by atoms with Crippen LogP contribution < -0.4 is 5.32 Å². The standard InChI is InChI=1S/C14H30N2O2/c1-12(11-15-7-9-17-3)16(8-10-18-4)13(2)14-5-6-14/h12-15H,5-11H2,1-4H3. The van der Waals surface area contributed by atoms with E-state index in [4.69, 9.17) is 9.47 Å². The van der Waals surface area contributed by atoms with Gasteiger partial charge in [0, 0.05) is 45.9 Å². The predicted molar refractivity (Wildman–Crippen MR) is 75.0 cm³/mol. The topological polar surface area (TPSA) is 33.7 Å². The van der Waals surface area contributed by atoms with Gasteiger partial charge in [0.25, 0.3) is 0 Å². The number of hydrogen-bond donors (Lipinski definition) is 1. The van der Waals surface area contributed by atoms with Gasteiger partial charge in [-0.25, -0.2) is 0 Å². The van der Waals surface area contributed by atoms with E-state index in [2.05, 4.69) is 24.1 Å². The Hall–Kier alpha value is -0.160. The summed E-state index contributed by atoms with van der Waals surface area (Å²) < 4.78 is 10.3. The van der Waals surface area contributed by atoms with Crippen LogP contribution in [0.4, 0.5) is 0 Å². The van der Waals surface area contributed by atoms with E-state index >= 15 is 0 Å². The average Bonchev–Trinajstić information content (AvgIpc) is 3.19. The summed E-state index contributed by atoms with van der Waals surface area (Å²) in [4.78, 5) is 2.58. The lowest BCUT2D eigenvalue weighted by Crippen LogP contribution is -2.48. The Bertz CT molecular complexity index is 210. The lowest BCUT2D eigenvalue weighted by atomic mass is 10.1. The first-order chi connectivity index (χ1) is 8.70. The normalized spacial score (nSPS) is 19.2. The van der Waals surface area contributed by atoms with Crippen LogP contribution in [0.3, 0.4) is 0 Å². The summed E-state index contributed by atoms with van der Waals surface area (Å²) in [6, 6.07) is 1.23. The third kappa shape index (κ3) is 5.65. The number of ether oxygens (including phenoxy) is 2. The van der Waals surface area contributed by atoms with Crippen LogP contribution in [0.25, 0.3) is 0 Å². The summed E-state index contributed by atoms with van der Waals surface area (Å²) in [5, 5.41) is 3.45. The molecule has 1 rings (SSSR count). The van der Waals surface area contributed by atoms with Crippen LogP contribution in [0.2, 0.25) is 0 Å². The number of nitrogens with one attached hydrogen (secondary N) is 1. The largest absolute Gasteiger partial charge is 0.383 e. The van der Waals surface area contributed by atoms with Crippen molar-refractivity contribution < 1.29 is 9.47 Å². The number of nitrogens with zero attached hydrogens (tertiary/aromatic N) is 1. The van der Waals surface area contributed by atoms with Gasteiger partial charge in [0.1, 0.15) is 0 Å². The third-order valence-electron chi connectivity index (χ3n) is 3.87. The van der Waals surface area contributed by atoms with E-state index in [-0.39, 0.29) is 0 Å². The molecule has 0 aliphatic heterocycles. The van der Waals surface area contributed by atoms with Gasteiger partial charge in [0.05, 0.1) is 13.2 Å². The smallest absolute Gasteiger partial charge is 0.0589 e. The number of rotatable bonds is 11. The van der Waals surface area contributed by atoms with Gasteiger partial charge in [-0.1, -0.05) is 0 Å². The molecule has 18 heavy (non-hydrogen) atoms. The molecule has 0 heterocycles. The molecular formula is C14H30N2O2. The Morgan fingerprint density at radius 3 is 2.39 bits per heavy atom. The van der Waals surface area contributed by atoms with E-state index in [0.29, 0.717) is 12.1 Å². The maximum absolute atomic E-state index is 5.23. The Kier molecular flexibility index (Phi) is 7.82. The molecule has 108 valence electrons. The SMILES string of the molecule is COCCNCC(C)N(CCOC)C(C)C1CC1.